The zero-order valence-electron chi connectivity index (χ0n) is 20.6. The van der Waals surface area contributed by atoms with Gasteiger partial charge in [-0.15, -0.1) is 0 Å². The number of carbonyl (C=O) groups excluding carboxylic acids is 1. The molecule has 0 radical (unpaired) electrons. The number of ether oxygens (including phenoxy) is 2. The Balaban J connectivity index is 1.58. The van der Waals surface area contributed by atoms with Crippen molar-refractivity contribution in [3.8, 4) is 17.0 Å². The minimum absolute atomic E-state index is 0.181. The second kappa shape index (κ2) is 10.9. The lowest BCUT2D eigenvalue weighted by Crippen LogP contribution is -2.07. The van der Waals surface area contributed by atoms with Crippen molar-refractivity contribution in [2.24, 2.45) is 0 Å². The molecule has 0 saturated carbocycles. The SMILES string of the molecule is COC(=O)c1cc(C2=C(c3cccnc3OCc3ccc(F)cc3)CCC2)cc(-c2ccc(F)cc2)c1F. The van der Waals surface area contributed by atoms with Gasteiger partial charge in [0.2, 0.25) is 5.88 Å². The smallest absolute Gasteiger partial charge is 0.340 e. The second-order valence-electron chi connectivity index (χ2n) is 8.97. The van der Waals surface area contributed by atoms with Gasteiger partial charge in [-0.25, -0.2) is 22.9 Å². The van der Waals surface area contributed by atoms with Crippen molar-refractivity contribution in [2.45, 2.75) is 25.9 Å². The van der Waals surface area contributed by atoms with E-state index in [0.717, 1.165) is 35.1 Å². The molecule has 0 saturated heterocycles. The molecule has 4 aromatic rings. The van der Waals surface area contributed by atoms with Gasteiger partial charge in [0.15, 0.2) is 0 Å². The molecule has 0 spiro atoms. The maximum absolute atomic E-state index is 15.5. The Morgan fingerprint density at radius 1 is 0.842 bits per heavy atom. The molecule has 7 heteroatoms. The molecule has 3 aromatic carbocycles. The Kier molecular flexibility index (Phi) is 7.26. The molecule has 1 aliphatic carbocycles. The number of pyridine rings is 1. The fourth-order valence-corrected chi connectivity index (χ4v) is 4.72. The lowest BCUT2D eigenvalue weighted by Gasteiger charge is -2.16. The number of halogens is 3. The number of hydrogen-bond acceptors (Lipinski definition) is 4. The number of esters is 1. The van der Waals surface area contributed by atoms with Crippen LogP contribution >= 0.6 is 0 Å². The van der Waals surface area contributed by atoms with Gasteiger partial charge < -0.3 is 9.47 Å². The van der Waals surface area contributed by atoms with E-state index in [4.69, 9.17) is 9.47 Å². The zero-order chi connectivity index (χ0) is 26.6. The molecule has 4 nitrogen and oxygen atoms in total. The predicted octanol–water partition coefficient (Wildman–Crippen LogP) is 7.63. The van der Waals surface area contributed by atoms with E-state index in [-0.39, 0.29) is 23.6 Å². The van der Waals surface area contributed by atoms with E-state index in [1.807, 2.05) is 12.1 Å². The quantitative estimate of drug-likeness (QED) is 0.238. The van der Waals surface area contributed by atoms with Gasteiger partial charge in [0.05, 0.1) is 12.7 Å². The van der Waals surface area contributed by atoms with Crippen LogP contribution in [-0.2, 0) is 11.3 Å². The highest BCUT2D eigenvalue weighted by atomic mass is 19.1. The van der Waals surface area contributed by atoms with E-state index in [1.165, 1.54) is 49.6 Å². The monoisotopic (exact) mass is 515 g/mol. The summed E-state index contributed by atoms with van der Waals surface area (Å²) in [4.78, 5) is 16.9. The number of nitrogens with zero attached hydrogens (tertiary/aromatic N) is 1. The van der Waals surface area contributed by atoms with Crippen molar-refractivity contribution >= 4 is 17.1 Å². The Morgan fingerprint density at radius 3 is 2.24 bits per heavy atom. The number of benzene rings is 3. The molecule has 1 aromatic heterocycles. The average molecular weight is 516 g/mol. The van der Waals surface area contributed by atoms with Gasteiger partial charge in [0.1, 0.15) is 24.1 Å². The summed E-state index contributed by atoms with van der Waals surface area (Å²) in [7, 11) is 1.20. The second-order valence-corrected chi connectivity index (χ2v) is 8.97. The van der Waals surface area contributed by atoms with Gasteiger partial charge >= 0.3 is 5.97 Å². The summed E-state index contributed by atoms with van der Waals surface area (Å²) in [6.45, 7) is 0.213. The Morgan fingerprint density at radius 2 is 1.53 bits per heavy atom. The molecule has 192 valence electrons. The van der Waals surface area contributed by atoms with Crippen molar-refractivity contribution in [1.29, 1.82) is 0 Å². The highest BCUT2D eigenvalue weighted by molar-refractivity contribution is 5.98. The van der Waals surface area contributed by atoms with E-state index >= 15 is 4.39 Å². The normalized spacial score (nSPS) is 13.1. The van der Waals surface area contributed by atoms with Crippen LogP contribution < -0.4 is 4.74 Å². The fourth-order valence-electron chi connectivity index (χ4n) is 4.72. The number of aromatic nitrogens is 1. The standard InChI is InChI=1S/C31H24F3NO3/c1-37-31(36)28-17-21(16-27(29(28)34)20-9-13-23(33)14-10-20)24-4-2-5-25(24)26-6-3-15-35-30(26)38-18-19-7-11-22(32)12-8-19/h3,6-17H,2,4-5,18H2,1H3. The molecular formula is C31H24F3NO3. The topological polar surface area (TPSA) is 48.4 Å². The first-order valence-corrected chi connectivity index (χ1v) is 12.2. The van der Waals surface area contributed by atoms with E-state index in [0.29, 0.717) is 23.4 Å². The van der Waals surface area contributed by atoms with Gasteiger partial charge in [-0.1, -0.05) is 24.3 Å². The summed E-state index contributed by atoms with van der Waals surface area (Å²) in [6.07, 6.45) is 3.94. The van der Waals surface area contributed by atoms with E-state index in [1.54, 1.807) is 24.4 Å². The van der Waals surface area contributed by atoms with Crippen LogP contribution in [0.3, 0.4) is 0 Å². The van der Waals surface area contributed by atoms with Crippen molar-refractivity contribution < 1.29 is 27.4 Å². The van der Waals surface area contributed by atoms with Crippen molar-refractivity contribution in [1.82, 2.24) is 4.98 Å². The molecule has 5 rings (SSSR count). The molecular weight excluding hydrogens is 491 g/mol. The molecule has 0 unspecified atom stereocenters. The summed E-state index contributed by atoms with van der Waals surface area (Å²) in [5, 5.41) is 0. The Bertz CT molecular complexity index is 1510. The van der Waals surface area contributed by atoms with Crippen LogP contribution in [0, 0.1) is 17.5 Å². The van der Waals surface area contributed by atoms with Crippen LogP contribution in [-0.4, -0.2) is 18.1 Å². The lowest BCUT2D eigenvalue weighted by molar-refractivity contribution is 0.0595. The van der Waals surface area contributed by atoms with Gasteiger partial charge in [0, 0.05) is 17.3 Å². The largest absolute Gasteiger partial charge is 0.472 e. The van der Waals surface area contributed by atoms with Gasteiger partial charge in [-0.05, 0) is 95.6 Å². The number of rotatable bonds is 7. The zero-order valence-corrected chi connectivity index (χ0v) is 20.6. The first-order valence-electron chi connectivity index (χ1n) is 12.2. The van der Waals surface area contributed by atoms with Gasteiger partial charge in [-0.2, -0.15) is 0 Å². The Hall–Kier alpha value is -4.39. The summed E-state index contributed by atoms with van der Waals surface area (Å²) in [5.74, 6) is -1.85. The molecule has 0 atom stereocenters. The van der Waals surface area contributed by atoms with E-state index in [9.17, 15) is 13.6 Å². The summed E-state index contributed by atoms with van der Waals surface area (Å²) in [6, 6.07) is 18.4. The molecule has 0 fully saturated rings. The maximum Gasteiger partial charge on any atom is 0.340 e. The van der Waals surface area contributed by atoms with Crippen molar-refractivity contribution in [3.05, 3.63) is 119 Å². The van der Waals surface area contributed by atoms with Crippen molar-refractivity contribution in [3.63, 3.8) is 0 Å². The van der Waals surface area contributed by atoms with Crippen LogP contribution in [0.1, 0.15) is 46.3 Å². The highest BCUT2D eigenvalue weighted by Crippen LogP contribution is 2.43. The van der Waals surface area contributed by atoms with Gasteiger partial charge in [0.25, 0.3) is 0 Å². The minimum atomic E-state index is -0.794. The van der Waals surface area contributed by atoms with Gasteiger partial charge in [-0.3, -0.25) is 0 Å². The first-order chi connectivity index (χ1) is 18.4. The average Bonchev–Trinajstić information content (AvgIpc) is 3.43. The highest BCUT2D eigenvalue weighted by Gasteiger charge is 2.25. The summed E-state index contributed by atoms with van der Waals surface area (Å²) >= 11 is 0. The van der Waals surface area contributed by atoms with Crippen LogP contribution in [0.4, 0.5) is 13.2 Å². The first kappa shape index (κ1) is 25.3. The van der Waals surface area contributed by atoms with Crippen molar-refractivity contribution in [2.75, 3.05) is 7.11 Å². The molecule has 38 heavy (non-hydrogen) atoms. The summed E-state index contributed by atoms with van der Waals surface area (Å²) in [5.41, 5.74) is 4.64. The number of allylic oxidation sites excluding steroid dienone is 2. The number of hydrogen-bond donors (Lipinski definition) is 0. The molecule has 1 aliphatic rings. The summed E-state index contributed by atoms with van der Waals surface area (Å²) < 4.78 is 53.2. The third kappa shape index (κ3) is 5.18. The maximum atomic E-state index is 15.5. The fraction of sp³-hybridized carbons (Fsp3) is 0.161. The minimum Gasteiger partial charge on any atom is -0.472 e. The molecule has 0 bridgehead atoms. The third-order valence-corrected chi connectivity index (χ3v) is 6.58. The molecule has 0 aliphatic heterocycles. The van der Waals surface area contributed by atoms with Crippen LogP contribution in [0.2, 0.25) is 0 Å². The van der Waals surface area contributed by atoms with Crippen LogP contribution in [0.5, 0.6) is 5.88 Å². The van der Waals surface area contributed by atoms with Crippen LogP contribution in [0.15, 0.2) is 79.0 Å². The van der Waals surface area contributed by atoms with Crippen LogP contribution in [0.25, 0.3) is 22.3 Å². The molecule has 0 N–H and O–H groups in total. The van der Waals surface area contributed by atoms with E-state index < -0.39 is 17.6 Å². The predicted molar refractivity (Wildman–Crippen MR) is 139 cm³/mol. The molecule has 0 amide bonds. The molecule has 1 heterocycles. The lowest BCUT2D eigenvalue weighted by atomic mass is 9.92. The number of methoxy groups -OCH3 is 1. The Labute approximate surface area is 218 Å². The number of carbonyl (C=O) groups is 1. The third-order valence-electron chi connectivity index (χ3n) is 6.58. The van der Waals surface area contributed by atoms with E-state index in [2.05, 4.69) is 4.98 Å².